The maximum atomic E-state index is 5.57. The summed E-state index contributed by atoms with van der Waals surface area (Å²) < 4.78 is 6.69. The van der Waals surface area contributed by atoms with Crippen LogP contribution in [0.15, 0.2) is 46.9 Å². The van der Waals surface area contributed by atoms with Gasteiger partial charge in [-0.15, -0.1) is 0 Å². The van der Waals surface area contributed by atoms with E-state index in [1.54, 1.807) is 0 Å². The first-order valence-corrected chi connectivity index (χ1v) is 8.20. The predicted molar refractivity (Wildman–Crippen MR) is 89.7 cm³/mol. The Kier molecular flexibility index (Phi) is 4.32. The molecule has 110 valence electrons. The average molecular weight is 346 g/mol. The molecule has 1 unspecified atom stereocenters. The van der Waals surface area contributed by atoms with Crippen LogP contribution < -0.4 is 10.1 Å². The third kappa shape index (κ3) is 3.30. The summed E-state index contributed by atoms with van der Waals surface area (Å²) in [5.41, 5.74) is 3.94. The number of fused-ring (bicyclic) bond motifs is 1. The molecule has 2 atom stereocenters. The van der Waals surface area contributed by atoms with Gasteiger partial charge in [0.25, 0.3) is 0 Å². The standard InChI is InChI=1S/C18H20BrNO/c1-12(14-4-3-5-17(19)11-14)20-13(2)15-6-7-18-16(10-15)8-9-21-18/h3-7,10-13,20H,8-9H2,1-2H3/t12-,13?/m1/s1. The number of hydrogen-bond donors (Lipinski definition) is 1. The summed E-state index contributed by atoms with van der Waals surface area (Å²) >= 11 is 3.53. The fourth-order valence-electron chi connectivity index (χ4n) is 2.82. The largest absolute Gasteiger partial charge is 0.493 e. The monoisotopic (exact) mass is 345 g/mol. The first-order valence-electron chi connectivity index (χ1n) is 7.40. The van der Waals surface area contributed by atoms with Crippen molar-refractivity contribution in [2.45, 2.75) is 32.4 Å². The van der Waals surface area contributed by atoms with Crippen LogP contribution in [0.25, 0.3) is 0 Å². The Morgan fingerprint density at radius 3 is 2.57 bits per heavy atom. The zero-order chi connectivity index (χ0) is 14.8. The van der Waals surface area contributed by atoms with Crippen molar-refractivity contribution in [3.63, 3.8) is 0 Å². The minimum atomic E-state index is 0.307. The van der Waals surface area contributed by atoms with Gasteiger partial charge in [-0.25, -0.2) is 0 Å². The van der Waals surface area contributed by atoms with Gasteiger partial charge in [-0.3, -0.25) is 0 Å². The molecule has 0 saturated carbocycles. The highest BCUT2D eigenvalue weighted by Gasteiger charge is 2.16. The number of halogens is 1. The maximum absolute atomic E-state index is 5.57. The second-order valence-corrected chi connectivity index (χ2v) is 6.55. The molecule has 0 saturated heterocycles. The summed E-state index contributed by atoms with van der Waals surface area (Å²) in [4.78, 5) is 0. The average Bonchev–Trinajstić information content (AvgIpc) is 2.94. The van der Waals surface area contributed by atoms with E-state index in [4.69, 9.17) is 4.74 Å². The fourth-order valence-corrected chi connectivity index (χ4v) is 3.24. The number of rotatable bonds is 4. The van der Waals surface area contributed by atoms with Gasteiger partial charge in [0.2, 0.25) is 0 Å². The number of benzene rings is 2. The van der Waals surface area contributed by atoms with Crippen LogP contribution in [0.3, 0.4) is 0 Å². The van der Waals surface area contributed by atoms with Gasteiger partial charge in [0.05, 0.1) is 6.61 Å². The van der Waals surface area contributed by atoms with Crippen LogP contribution in [-0.2, 0) is 6.42 Å². The van der Waals surface area contributed by atoms with E-state index in [9.17, 15) is 0 Å². The molecule has 1 N–H and O–H groups in total. The van der Waals surface area contributed by atoms with Gasteiger partial charge in [0.15, 0.2) is 0 Å². The van der Waals surface area contributed by atoms with Gasteiger partial charge in [0, 0.05) is 23.0 Å². The molecule has 0 bridgehead atoms. The molecule has 21 heavy (non-hydrogen) atoms. The molecular weight excluding hydrogens is 326 g/mol. The summed E-state index contributed by atoms with van der Waals surface area (Å²) in [5.74, 6) is 1.05. The molecule has 1 aliphatic heterocycles. The minimum absolute atomic E-state index is 0.307. The lowest BCUT2D eigenvalue weighted by Crippen LogP contribution is -2.22. The zero-order valence-electron chi connectivity index (χ0n) is 12.4. The smallest absolute Gasteiger partial charge is 0.122 e. The lowest BCUT2D eigenvalue weighted by atomic mass is 10.0. The van der Waals surface area contributed by atoms with Crippen molar-refractivity contribution in [3.05, 3.63) is 63.6 Å². The van der Waals surface area contributed by atoms with Crippen LogP contribution in [0.2, 0.25) is 0 Å². The van der Waals surface area contributed by atoms with E-state index >= 15 is 0 Å². The Morgan fingerprint density at radius 2 is 1.81 bits per heavy atom. The highest BCUT2D eigenvalue weighted by molar-refractivity contribution is 9.10. The molecule has 0 aromatic heterocycles. The molecular formula is C18H20BrNO. The van der Waals surface area contributed by atoms with E-state index in [1.807, 2.05) is 0 Å². The first-order chi connectivity index (χ1) is 10.1. The topological polar surface area (TPSA) is 21.3 Å². The molecule has 0 aliphatic carbocycles. The fraction of sp³-hybridized carbons (Fsp3) is 0.333. The van der Waals surface area contributed by atoms with Crippen LogP contribution in [-0.4, -0.2) is 6.61 Å². The van der Waals surface area contributed by atoms with E-state index in [1.165, 1.54) is 16.7 Å². The normalized spacial score (nSPS) is 16.1. The van der Waals surface area contributed by atoms with Crippen LogP contribution in [0.4, 0.5) is 0 Å². The molecule has 1 aliphatic rings. The quantitative estimate of drug-likeness (QED) is 0.859. The summed E-state index contributed by atoms with van der Waals surface area (Å²) in [6, 6.07) is 15.6. The van der Waals surface area contributed by atoms with Gasteiger partial charge >= 0.3 is 0 Å². The molecule has 3 rings (SSSR count). The van der Waals surface area contributed by atoms with Crippen molar-refractivity contribution in [1.82, 2.24) is 5.32 Å². The SMILES string of the molecule is CC(N[C@H](C)c1cccc(Br)c1)c1ccc2c(c1)CCO2. The lowest BCUT2D eigenvalue weighted by Gasteiger charge is -2.21. The second-order valence-electron chi connectivity index (χ2n) is 5.63. The van der Waals surface area contributed by atoms with E-state index < -0.39 is 0 Å². The number of ether oxygens (including phenoxy) is 1. The summed E-state index contributed by atoms with van der Waals surface area (Å²) in [6.07, 6.45) is 1.02. The van der Waals surface area contributed by atoms with Crippen molar-refractivity contribution in [2.24, 2.45) is 0 Å². The molecule has 1 heterocycles. The summed E-state index contributed by atoms with van der Waals surface area (Å²) in [5, 5.41) is 3.67. The van der Waals surface area contributed by atoms with E-state index in [2.05, 4.69) is 77.6 Å². The predicted octanol–water partition coefficient (Wildman–Crippen LogP) is 4.80. The van der Waals surface area contributed by atoms with Crippen LogP contribution in [0.1, 0.15) is 42.6 Å². The van der Waals surface area contributed by atoms with Gasteiger partial charge < -0.3 is 10.1 Å². The second kappa shape index (κ2) is 6.20. The summed E-state index contributed by atoms with van der Waals surface area (Å²) in [7, 11) is 0. The van der Waals surface area contributed by atoms with E-state index in [0.717, 1.165) is 23.2 Å². The molecule has 0 fully saturated rings. The third-order valence-electron chi connectivity index (χ3n) is 4.06. The van der Waals surface area contributed by atoms with Crippen molar-refractivity contribution in [3.8, 4) is 5.75 Å². The van der Waals surface area contributed by atoms with Crippen LogP contribution in [0, 0.1) is 0 Å². The van der Waals surface area contributed by atoms with Gasteiger partial charge in [-0.2, -0.15) is 0 Å². The van der Waals surface area contributed by atoms with Crippen molar-refractivity contribution < 1.29 is 4.74 Å². The van der Waals surface area contributed by atoms with Gasteiger partial charge in [-0.05, 0) is 48.7 Å². The molecule has 0 amide bonds. The van der Waals surface area contributed by atoms with Crippen molar-refractivity contribution >= 4 is 15.9 Å². The molecule has 3 heteroatoms. The van der Waals surface area contributed by atoms with Gasteiger partial charge in [-0.1, -0.05) is 40.2 Å². The molecule has 0 spiro atoms. The third-order valence-corrected chi connectivity index (χ3v) is 4.56. The van der Waals surface area contributed by atoms with Crippen LogP contribution in [0.5, 0.6) is 5.75 Å². The highest BCUT2D eigenvalue weighted by Crippen LogP contribution is 2.29. The molecule has 2 aromatic rings. The Bertz CT molecular complexity index is 641. The Labute approximate surface area is 134 Å². The first kappa shape index (κ1) is 14.6. The number of nitrogens with one attached hydrogen (secondary N) is 1. The molecule has 0 radical (unpaired) electrons. The lowest BCUT2D eigenvalue weighted by molar-refractivity contribution is 0.356. The molecule has 2 nitrogen and oxygen atoms in total. The van der Waals surface area contributed by atoms with E-state index in [-0.39, 0.29) is 0 Å². The van der Waals surface area contributed by atoms with Crippen LogP contribution >= 0.6 is 15.9 Å². The highest BCUT2D eigenvalue weighted by atomic mass is 79.9. The van der Waals surface area contributed by atoms with E-state index in [0.29, 0.717) is 12.1 Å². The minimum Gasteiger partial charge on any atom is -0.493 e. The zero-order valence-corrected chi connectivity index (χ0v) is 14.0. The number of hydrogen-bond acceptors (Lipinski definition) is 2. The summed E-state index contributed by atoms with van der Waals surface area (Å²) in [6.45, 7) is 5.23. The maximum Gasteiger partial charge on any atom is 0.122 e. The Morgan fingerprint density at radius 1 is 1.05 bits per heavy atom. The Hall–Kier alpha value is -1.32. The molecule has 2 aromatic carbocycles. The van der Waals surface area contributed by atoms with Crippen molar-refractivity contribution in [2.75, 3.05) is 6.61 Å². The van der Waals surface area contributed by atoms with Crippen molar-refractivity contribution in [1.29, 1.82) is 0 Å². The van der Waals surface area contributed by atoms with Gasteiger partial charge in [0.1, 0.15) is 5.75 Å². The Balaban J connectivity index is 1.72.